The van der Waals surface area contributed by atoms with E-state index in [0.29, 0.717) is 6.54 Å². The van der Waals surface area contributed by atoms with Crippen LogP contribution in [0.3, 0.4) is 0 Å². The summed E-state index contributed by atoms with van der Waals surface area (Å²) in [4.78, 5) is 5.59. The van der Waals surface area contributed by atoms with Crippen molar-refractivity contribution in [3.05, 3.63) is 18.3 Å². The van der Waals surface area contributed by atoms with Crippen molar-refractivity contribution >= 4 is 34.8 Å². The minimum atomic E-state index is -4.47. The fourth-order valence-electron chi connectivity index (χ4n) is 2.12. The van der Waals surface area contributed by atoms with Crippen molar-refractivity contribution in [2.45, 2.75) is 11.1 Å². The number of hydrogen-bond donors (Lipinski definition) is 2. The van der Waals surface area contributed by atoms with Gasteiger partial charge in [0.1, 0.15) is 4.90 Å². The first kappa shape index (κ1) is 25.1. The van der Waals surface area contributed by atoms with Crippen LogP contribution in [0.25, 0.3) is 0 Å². The molecule has 0 bridgehead atoms. The summed E-state index contributed by atoms with van der Waals surface area (Å²) in [6.45, 7) is 2.81. The first-order valence-corrected chi connectivity index (χ1v) is 8.83. The number of rotatable bonds is 7. The second-order valence-corrected chi connectivity index (χ2v) is 6.99. The van der Waals surface area contributed by atoms with Gasteiger partial charge in [0.15, 0.2) is 6.61 Å². The van der Waals surface area contributed by atoms with E-state index in [4.69, 9.17) is 0 Å². The number of halogens is 5. The number of piperazine rings is 1. The van der Waals surface area contributed by atoms with Crippen molar-refractivity contribution in [1.29, 1.82) is 0 Å². The van der Waals surface area contributed by atoms with Crippen LogP contribution in [0.2, 0.25) is 0 Å². The number of aromatic nitrogens is 1. The summed E-state index contributed by atoms with van der Waals surface area (Å²) in [5.74, 6) is -0.285. The minimum Gasteiger partial charge on any atom is -0.468 e. The average molecular weight is 441 g/mol. The minimum absolute atomic E-state index is 0. The molecule has 0 aliphatic carbocycles. The fourth-order valence-corrected chi connectivity index (χ4v) is 3.09. The van der Waals surface area contributed by atoms with E-state index in [0.717, 1.165) is 44.5 Å². The van der Waals surface area contributed by atoms with Gasteiger partial charge in [-0.2, -0.15) is 13.2 Å². The molecule has 0 spiro atoms. The molecule has 1 aliphatic heterocycles. The van der Waals surface area contributed by atoms with E-state index < -0.39 is 22.8 Å². The number of nitrogens with one attached hydrogen (secondary N) is 2. The van der Waals surface area contributed by atoms with Crippen LogP contribution >= 0.6 is 24.8 Å². The van der Waals surface area contributed by atoms with E-state index in [9.17, 15) is 21.6 Å². The van der Waals surface area contributed by atoms with E-state index in [1.807, 2.05) is 0 Å². The molecule has 1 aliphatic rings. The molecule has 0 aromatic carbocycles. The van der Waals surface area contributed by atoms with Crippen LogP contribution < -0.4 is 14.8 Å². The van der Waals surface area contributed by atoms with E-state index in [2.05, 4.69) is 24.7 Å². The Labute approximate surface area is 162 Å². The summed E-state index contributed by atoms with van der Waals surface area (Å²) >= 11 is 0. The number of pyridine rings is 1. The molecule has 0 amide bonds. The maximum Gasteiger partial charge on any atom is 0.422 e. The summed E-state index contributed by atoms with van der Waals surface area (Å²) < 4.78 is 67.2. The third kappa shape index (κ3) is 8.69. The van der Waals surface area contributed by atoms with Gasteiger partial charge in [-0.1, -0.05) is 0 Å². The van der Waals surface area contributed by atoms with Crippen molar-refractivity contribution in [2.24, 2.45) is 0 Å². The molecule has 2 heterocycles. The summed E-state index contributed by atoms with van der Waals surface area (Å²) in [6, 6.07) is 2.25. The average Bonchev–Trinajstić information content (AvgIpc) is 2.53. The molecule has 7 nitrogen and oxygen atoms in total. The van der Waals surface area contributed by atoms with Gasteiger partial charge in [-0.05, 0) is 6.07 Å². The number of sulfonamides is 1. The molecule has 0 unspecified atom stereocenters. The van der Waals surface area contributed by atoms with Crippen LogP contribution in [0, 0.1) is 0 Å². The number of nitrogens with zero attached hydrogens (tertiary/aromatic N) is 2. The standard InChI is InChI=1S/C13H19F3N4O3S.2ClH/c14-13(15,16)10-23-12-2-1-11(9-18-12)24(21,22)19-5-8-20-6-3-17-4-7-20;;/h1-2,9,17,19H,3-8,10H2;2*1H. The quantitative estimate of drug-likeness (QED) is 0.659. The van der Waals surface area contributed by atoms with Gasteiger partial charge in [0.05, 0.1) is 6.20 Å². The third-order valence-electron chi connectivity index (χ3n) is 3.33. The zero-order valence-corrected chi connectivity index (χ0v) is 16.1. The van der Waals surface area contributed by atoms with Gasteiger partial charge in [0.25, 0.3) is 0 Å². The molecule has 13 heteroatoms. The highest BCUT2D eigenvalue weighted by atomic mass is 35.5. The number of ether oxygens (including phenoxy) is 1. The molecular weight excluding hydrogens is 420 g/mol. The first-order valence-electron chi connectivity index (χ1n) is 7.35. The van der Waals surface area contributed by atoms with Crippen LogP contribution in [-0.2, 0) is 10.0 Å². The normalized spacial score (nSPS) is 15.7. The van der Waals surface area contributed by atoms with Crippen molar-refractivity contribution in [2.75, 3.05) is 45.9 Å². The highest BCUT2D eigenvalue weighted by molar-refractivity contribution is 7.89. The van der Waals surface area contributed by atoms with Crippen LogP contribution in [0.5, 0.6) is 5.88 Å². The Morgan fingerprint density at radius 2 is 1.88 bits per heavy atom. The predicted octanol–water partition coefficient (Wildman–Crippen LogP) is 1.05. The molecule has 1 saturated heterocycles. The van der Waals surface area contributed by atoms with Crippen molar-refractivity contribution in [1.82, 2.24) is 19.9 Å². The Morgan fingerprint density at radius 3 is 2.42 bits per heavy atom. The number of alkyl halides is 3. The molecule has 152 valence electrons. The van der Waals surface area contributed by atoms with Gasteiger partial charge in [-0.3, -0.25) is 4.90 Å². The smallest absolute Gasteiger partial charge is 0.422 e. The SMILES string of the molecule is Cl.Cl.O=S(=O)(NCCN1CCNCC1)c1ccc(OCC(F)(F)F)nc1. The van der Waals surface area contributed by atoms with Crippen LogP contribution in [-0.4, -0.2) is 70.4 Å². The summed E-state index contributed by atoms with van der Waals surface area (Å²) in [5.41, 5.74) is 0. The second kappa shape index (κ2) is 11.1. The maximum absolute atomic E-state index is 12.1. The van der Waals surface area contributed by atoms with Gasteiger partial charge in [-0.25, -0.2) is 18.1 Å². The molecular formula is C13H21Cl2F3N4O3S. The van der Waals surface area contributed by atoms with Gasteiger partial charge in [-0.15, -0.1) is 24.8 Å². The van der Waals surface area contributed by atoms with Crippen LogP contribution in [0.15, 0.2) is 23.2 Å². The monoisotopic (exact) mass is 440 g/mol. The lowest BCUT2D eigenvalue weighted by atomic mass is 10.3. The largest absolute Gasteiger partial charge is 0.468 e. The Bertz CT molecular complexity index is 627. The van der Waals surface area contributed by atoms with Crippen molar-refractivity contribution in [3.63, 3.8) is 0 Å². The summed E-state index contributed by atoms with van der Waals surface area (Å²) in [5, 5.41) is 3.20. The van der Waals surface area contributed by atoms with Crippen LogP contribution in [0.4, 0.5) is 13.2 Å². The highest BCUT2D eigenvalue weighted by Gasteiger charge is 2.28. The molecule has 1 aromatic rings. The molecule has 0 saturated carbocycles. The van der Waals surface area contributed by atoms with E-state index in [1.54, 1.807) is 0 Å². The molecule has 2 rings (SSSR count). The van der Waals surface area contributed by atoms with E-state index >= 15 is 0 Å². The predicted molar refractivity (Wildman–Crippen MR) is 94.8 cm³/mol. The molecule has 1 aromatic heterocycles. The van der Waals surface area contributed by atoms with Crippen LogP contribution in [0.1, 0.15) is 0 Å². The highest BCUT2D eigenvalue weighted by Crippen LogP contribution is 2.18. The topological polar surface area (TPSA) is 83.6 Å². The first-order chi connectivity index (χ1) is 11.3. The Kier molecular flexibility index (Phi) is 10.7. The van der Waals surface area contributed by atoms with Crippen molar-refractivity contribution in [3.8, 4) is 5.88 Å². The Balaban J connectivity index is 0.00000312. The van der Waals surface area contributed by atoms with Gasteiger partial charge < -0.3 is 10.1 Å². The molecule has 0 radical (unpaired) electrons. The fraction of sp³-hybridized carbons (Fsp3) is 0.615. The van der Waals surface area contributed by atoms with Gasteiger partial charge in [0.2, 0.25) is 15.9 Å². The third-order valence-corrected chi connectivity index (χ3v) is 4.78. The zero-order chi connectivity index (χ0) is 17.6. The van der Waals surface area contributed by atoms with Gasteiger partial charge >= 0.3 is 6.18 Å². The Morgan fingerprint density at radius 1 is 1.23 bits per heavy atom. The molecule has 26 heavy (non-hydrogen) atoms. The maximum atomic E-state index is 12.1. The van der Waals surface area contributed by atoms with Crippen molar-refractivity contribution < 1.29 is 26.3 Å². The zero-order valence-electron chi connectivity index (χ0n) is 13.7. The molecule has 1 fully saturated rings. The van der Waals surface area contributed by atoms with Gasteiger partial charge in [0, 0.05) is 45.3 Å². The second-order valence-electron chi connectivity index (χ2n) is 5.23. The lowest BCUT2D eigenvalue weighted by Crippen LogP contribution is -2.46. The van der Waals surface area contributed by atoms with E-state index in [1.165, 1.54) is 0 Å². The lowest BCUT2D eigenvalue weighted by Gasteiger charge is -2.27. The molecule has 2 N–H and O–H groups in total. The summed E-state index contributed by atoms with van der Waals surface area (Å²) in [7, 11) is -3.75. The van der Waals surface area contributed by atoms with E-state index in [-0.39, 0.29) is 42.1 Å². The number of hydrogen-bond acceptors (Lipinski definition) is 6. The lowest BCUT2D eigenvalue weighted by molar-refractivity contribution is -0.154. The summed E-state index contributed by atoms with van der Waals surface area (Å²) in [6.07, 6.45) is -3.50. The molecule has 0 atom stereocenters. The Hall–Kier alpha value is -0.850.